The minimum atomic E-state index is -0.505. The highest BCUT2D eigenvalue weighted by Crippen LogP contribution is 2.34. The van der Waals surface area contributed by atoms with E-state index in [0.717, 1.165) is 19.5 Å². The number of piperazine rings is 1. The first-order valence-electron chi connectivity index (χ1n) is 7.72. The Kier molecular flexibility index (Phi) is 4.57. The van der Waals surface area contributed by atoms with E-state index < -0.39 is 5.54 Å². The molecular formula is C17H27N3O. The van der Waals surface area contributed by atoms with Gasteiger partial charge >= 0.3 is 0 Å². The van der Waals surface area contributed by atoms with Gasteiger partial charge < -0.3 is 15.1 Å². The summed E-state index contributed by atoms with van der Waals surface area (Å²) in [6.45, 7) is 7.85. The van der Waals surface area contributed by atoms with Crippen molar-refractivity contribution in [2.45, 2.75) is 38.8 Å². The predicted octanol–water partition coefficient (Wildman–Crippen LogP) is 2.41. The molecule has 0 aliphatic carbocycles. The monoisotopic (exact) mass is 289 g/mol. The molecule has 0 bridgehead atoms. The molecule has 0 spiro atoms. The van der Waals surface area contributed by atoms with E-state index in [4.69, 9.17) is 0 Å². The number of anilines is 1. The number of carbonyl (C=O) groups excluding carboxylic acids is 1. The molecule has 116 valence electrons. The van der Waals surface area contributed by atoms with Crippen LogP contribution < -0.4 is 10.2 Å². The third kappa shape index (κ3) is 2.77. The van der Waals surface area contributed by atoms with Crippen molar-refractivity contribution in [2.24, 2.45) is 0 Å². The Morgan fingerprint density at radius 2 is 1.95 bits per heavy atom. The molecule has 21 heavy (non-hydrogen) atoms. The zero-order valence-electron chi connectivity index (χ0n) is 13.8. The fraction of sp³-hybridized carbons (Fsp3) is 0.588. The maximum absolute atomic E-state index is 12.5. The second-order valence-electron chi connectivity index (χ2n) is 6.25. The molecule has 4 heteroatoms. The van der Waals surface area contributed by atoms with Crippen molar-refractivity contribution >= 4 is 11.6 Å². The van der Waals surface area contributed by atoms with Crippen LogP contribution in [-0.2, 0) is 4.79 Å². The van der Waals surface area contributed by atoms with Gasteiger partial charge in [-0.3, -0.25) is 4.79 Å². The van der Waals surface area contributed by atoms with Crippen LogP contribution in [0.2, 0.25) is 0 Å². The zero-order chi connectivity index (χ0) is 15.6. The first kappa shape index (κ1) is 15.8. The van der Waals surface area contributed by atoms with Gasteiger partial charge in [0.1, 0.15) is 5.54 Å². The minimum absolute atomic E-state index is 0.182. The molecule has 2 rings (SSSR count). The number of nitrogens with zero attached hydrogens (tertiary/aromatic N) is 2. The van der Waals surface area contributed by atoms with Gasteiger partial charge in [0.2, 0.25) is 5.91 Å². The van der Waals surface area contributed by atoms with Gasteiger partial charge in [0.15, 0.2) is 0 Å². The van der Waals surface area contributed by atoms with Crippen LogP contribution in [0.15, 0.2) is 24.3 Å². The second-order valence-corrected chi connectivity index (χ2v) is 6.25. The summed E-state index contributed by atoms with van der Waals surface area (Å²) in [6.07, 6.45) is 1.02. The largest absolute Gasteiger partial charge is 0.355 e. The molecule has 1 atom stereocenters. The summed E-state index contributed by atoms with van der Waals surface area (Å²) in [5, 5.41) is 3.37. The van der Waals surface area contributed by atoms with Crippen LogP contribution in [0.1, 0.15) is 38.8 Å². The van der Waals surface area contributed by atoms with Crippen LogP contribution in [0.4, 0.5) is 5.69 Å². The van der Waals surface area contributed by atoms with Gasteiger partial charge in [0.05, 0.1) is 0 Å². The Balaban J connectivity index is 2.44. The Labute approximate surface area is 128 Å². The van der Waals surface area contributed by atoms with Crippen LogP contribution in [0.3, 0.4) is 0 Å². The van der Waals surface area contributed by atoms with Crippen LogP contribution in [-0.4, -0.2) is 43.5 Å². The summed E-state index contributed by atoms with van der Waals surface area (Å²) >= 11 is 0. The van der Waals surface area contributed by atoms with Gasteiger partial charge in [-0.2, -0.15) is 0 Å². The Bertz CT molecular complexity index is 509. The maximum Gasteiger partial charge on any atom is 0.247 e. The molecule has 1 saturated heterocycles. The summed E-state index contributed by atoms with van der Waals surface area (Å²) in [5.74, 6) is 0.182. The van der Waals surface area contributed by atoms with Crippen molar-refractivity contribution in [1.82, 2.24) is 10.2 Å². The fourth-order valence-electron chi connectivity index (χ4n) is 3.24. The zero-order valence-corrected chi connectivity index (χ0v) is 13.8. The van der Waals surface area contributed by atoms with Gasteiger partial charge in [0, 0.05) is 31.9 Å². The molecule has 1 N–H and O–H groups in total. The molecule has 1 aliphatic heterocycles. The lowest BCUT2D eigenvalue weighted by Crippen LogP contribution is -2.62. The smallest absolute Gasteiger partial charge is 0.247 e. The summed E-state index contributed by atoms with van der Waals surface area (Å²) in [4.78, 5) is 16.6. The summed E-state index contributed by atoms with van der Waals surface area (Å²) in [5.41, 5.74) is 1.94. The first-order valence-corrected chi connectivity index (χ1v) is 7.72. The molecule has 1 heterocycles. The first-order chi connectivity index (χ1) is 9.93. The lowest BCUT2D eigenvalue weighted by molar-refractivity contribution is -0.136. The standard InChI is InChI=1S/C17H27N3O/c1-6-14(18-4)13-9-7-8-10-15(13)20-12-11-19(5)16(21)17(20,2)3/h7-10,14,18H,6,11-12H2,1-5H3. The Hall–Kier alpha value is -1.55. The third-order valence-electron chi connectivity index (χ3n) is 4.56. The number of hydrogen-bond donors (Lipinski definition) is 1. The average Bonchev–Trinajstić information content (AvgIpc) is 2.47. The number of benzene rings is 1. The molecule has 0 saturated carbocycles. The predicted molar refractivity (Wildman–Crippen MR) is 87.6 cm³/mol. The topological polar surface area (TPSA) is 35.6 Å². The second kappa shape index (κ2) is 6.06. The number of carbonyl (C=O) groups is 1. The lowest BCUT2D eigenvalue weighted by Gasteiger charge is -2.47. The third-order valence-corrected chi connectivity index (χ3v) is 4.56. The number of nitrogens with one attached hydrogen (secondary N) is 1. The normalized spacial score (nSPS) is 19.8. The van der Waals surface area contributed by atoms with Crippen LogP contribution >= 0.6 is 0 Å². The van der Waals surface area contributed by atoms with Crippen molar-refractivity contribution in [2.75, 3.05) is 32.1 Å². The SMILES string of the molecule is CCC(NC)c1ccccc1N1CCN(C)C(=O)C1(C)C. The van der Waals surface area contributed by atoms with Crippen molar-refractivity contribution in [3.8, 4) is 0 Å². The quantitative estimate of drug-likeness (QED) is 0.924. The van der Waals surface area contributed by atoms with Gasteiger partial charge in [-0.1, -0.05) is 25.1 Å². The minimum Gasteiger partial charge on any atom is -0.355 e. The van der Waals surface area contributed by atoms with E-state index in [1.54, 1.807) is 0 Å². The van der Waals surface area contributed by atoms with Gasteiger partial charge in [-0.25, -0.2) is 0 Å². The van der Waals surface area contributed by atoms with Crippen molar-refractivity contribution in [3.63, 3.8) is 0 Å². The van der Waals surface area contributed by atoms with Crippen molar-refractivity contribution < 1.29 is 4.79 Å². The average molecular weight is 289 g/mol. The highest BCUT2D eigenvalue weighted by atomic mass is 16.2. The van der Waals surface area contributed by atoms with Gasteiger partial charge in [-0.15, -0.1) is 0 Å². The molecule has 1 aliphatic rings. The highest BCUT2D eigenvalue weighted by molar-refractivity contribution is 5.90. The van der Waals surface area contributed by atoms with E-state index in [0.29, 0.717) is 6.04 Å². The highest BCUT2D eigenvalue weighted by Gasteiger charge is 2.41. The molecule has 1 amide bonds. The van der Waals surface area contributed by atoms with E-state index >= 15 is 0 Å². The van der Waals surface area contributed by atoms with Crippen LogP contribution in [0.5, 0.6) is 0 Å². The number of rotatable bonds is 4. The summed E-state index contributed by atoms with van der Waals surface area (Å²) in [6, 6.07) is 8.74. The van der Waals surface area contributed by atoms with E-state index in [-0.39, 0.29) is 5.91 Å². The fourth-order valence-corrected chi connectivity index (χ4v) is 3.24. The summed E-state index contributed by atoms with van der Waals surface area (Å²) in [7, 11) is 3.88. The maximum atomic E-state index is 12.5. The molecule has 0 radical (unpaired) electrons. The number of hydrogen-bond acceptors (Lipinski definition) is 3. The van der Waals surface area contributed by atoms with Crippen LogP contribution in [0, 0.1) is 0 Å². The summed E-state index contributed by atoms with van der Waals surface area (Å²) < 4.78 is 0. The number of para-hydroxylation sites is 1. The number of likely N-dealkylation sites (N-methyl/N-ethyl adjacent to an activating group) is 1. The Morgan fingerprint density at radius 3 is 2.57 bits per heavy atom. The van der Waals surface area contributed by atoms with Crippen molar-refractivity contribution in [3.05, 3.63) is 29.8 Å². The lowest BCUT2D eigenvalue weighted by atomic mass is 9.93. The Morgan fingerprint density at radius 1 is 1.29 bits per heavy atom. The van der Waals surface area contributed by atoms with E-state index in [1.807, 2.05) is 32.8 Å². The van der Waals surface area contributed by atoms with E-state index in [9.17, 15) is 4.79 Å². The molecule has 1 fully saturated rings. The number of amides is 1. The molecule has 1 aromatic rings. The van der Waals surface area contributed by atoms with E-state index in [1.165, 1.54) is 11.3 Å². The van der Waals surface area contributed by atoms with Crippen molar-refractivity contribution in [1.29, 1.82) is 0 Å². The van der Waals surface area contributed by atoms with Gasteiger partial charge in [-0.05, 0) is 38.9 Å². The molecule has 0 aromatic heterocycles. The van der Waals surface area contributed by atoms with E-state index in [2.05, 4.69) is 41.4 Å². The molecular weight excluding hydrogens is 262 g/mol. The van der Waals surface area contributed by atoms with Crippen LogP contribution in [0.25, 0.3) is 0 Å². The molecule has 1 aromatic carbocycles. The molecule has 4 nitrogen and oxygen atoms in total. The van der Waals surface area contributed by atoms with Gasteiger partial charge in [0.25, 0.3) is 0 Å². The molecule has 1 unspecified atom stereocenters.